The number of benzene rings is 3. The van der Waals surface area contributed by atoms with Gasteiger partial charge in [-0.25, -0.2) is 34.7 Å². The summed E-state index contributed by atoms with van der Waals surface area (Å²) in [6.45, 7) is 14.0. The van der Waals surface area contributed by atoms with Crippen LogP contribution < -0.4 is 28.3 Å². The Morgan fingerprint density at radius 2 is 0.645 bits per heavy atom. The van der Waals surface area contributed by atoms with Gasteiger partial charge < -0.3 is 58.1 Å². The number of aromatic nitrogens is 18. The lowest BCUT2D eigenvalue weighted by Gasteiger charge is -2.33. The molecule has 0 spiro atoms. The van der Waals surface area contributed by atoms with Crippen molar-refractivity contribution >= 4 is 86.8 Å². The van der Waals surface area contributed by atoms with E-state index in [9.17, 15) is 43.8 Å². The van der Waals surface area contributed by atoms with Crippen LogP contribution in [0.15, 0.2) is 208 Å². The predicted molar refractivity (Wildman–Crippen MR) is 524 cm³/mol. The van der Waals surface area contributed by atoms with Crippen molar-refractivity contribution in [2.24, 2.45) is 0 Å². The van der Waals surface area contributed by atoms with Crippen molar-refractivity contribution in [3.63, 3.8) is 0 Å². The standard InChI is InChI=1S/C27H28N6O3.C26H27N7O2.C25H26N6O.C24H26N8O3/c1-16(34)23-24(19-10-12-32(13-11-19)27(36)17(2)35)31-26-21(15-30-33(26)25(23)28)20-8-9-22(29-14-20)18-6-4-3-5-7-18;1-16(34)22-23(18-10-12-32(13-11-18)26(35)28-2)31-25-20(15-30-33(25)24(22)27)19-8-9-21(29-14-19)17-6-4-3-5-7-17;1-16(32)22-23(18-10-12-30(2)13-11-18)29-25-20(15-28-31(25)24(22)26)19-8-9-21(27-14-19)17-6-4-3-5-7-17;1-14(33)20-21(16-5-8-30(9-6-16)24(35)15(2)34)29-23-18(12-28-32(23)22(20)25)17-3-4-19(27-11-17)31-10-7-26-13-31/h3-9,14-15,17,19,35H,10-13,28H2,1-2H3;3-9,14-15,18H,10-13,27H2,1-2H3,(H,28,35);3-9,14-15,18H,10-13,26H2,1-2H3;3-4,7,10-13,15-16,34H,5-6,8-9,25H2,1-2H3/t17-;;;15-/m1..1/s1. The van der Waals surface area contributed by atoms with Crippen LogP contribution in [0.25, 0.3) is 107 Å². The minimum absolute atomic E-state index is 0.0171. The van der Waals surface area contributed by atoms with Crippen LogP contribution in [0.4, 0.5) is 28.1 Å². The number of aliphatic hydroxyl groups is 2. The number of nitrogens with two attached hydrogens (primary N) is 4. The van der Waals surface area contributed by atoms with Crippen molar-refractivity contribution in [1.29, 1.82) is 0 Å². The minimum Gasteiger partial charge on any atom is -0.384 e. The molecule has 0 unspecified atom stereocenters. The number of imidazole rings is 1. The number of pyridine rings is 4. The number of anilines is 4. The van der Waals surface area contributed by atoms with Gasteiger partial charge in [0.05, 0.1) is 86.9 Å². The fourth-order valence-electron chi connectivity index (χ4n) is 18.7. The van der Waals surface area contributed by atoms with Gasteiger partial charge in [0.25, 0.3) is 11.8 Å². The molecule has 0 aliphatic carbocycles. The number of fused-ring (bicyclic) bond motifs is 4. The molecule has 20 rings (SSSR count). The first-order valence-electron chi connectivity index (χ1n) is 46.0. The SMILES string of the molecule is CC(=O)c1c(C2CCN(C(=O)[C@@H](C)O)CC2)nc2c(-c3ccc(-c4ccccc4)nc3)cnn2c1N.CC(=O)c1c(C2CCN(C(=O)[C@@H](C)O)CC2)nc2c(-c3ccc(-n4ccnc4)nc3)cnn2c1N.CC(=O)c1c(C2CCN(C)CC2)nc2c(-c3ccc(-c4ccccc4)nc3)cnn2c1N.CNC(=O)N1CCC(c2nc3c(-c4ccc(-c5ccccc5)nc4)cnn3c(N)c2C(C)=O)CC1. The van der Waals surface area contributed by atoms with E-state index in [4.69, 9.17) is 42.9 Å². The highest BCUT2D eigenvalue weighted by molar-refractivity contribution is 6.03. The monoisotopic (exact) mass is 1850 g/mol. The van der Waals surface area contributed by atoms with Gasteiger partial charge in [0.1, 0.15) is 47.6 Å². The second-order valence-electron chi connectivity index (χ2n) is 35.1. The predicted octanol–water partition coefficient (Wildman–Crippen LogP) is 13.0. The molecular formula is C102H107N27O9. The summed E-state index contributed by atoms with van der Waals surface area (Å²) in [4.78, 5) is 136. The van der Waals surface area contributed by atoms with Crippen LogP contribution >= 0.6 is 0 Å². The Labute approximate surface area is 794 Å². The van der Waals surface area contributed by atoms with Crippen LogP contribution in [-0.2, 0) is 9.59 Å². The summed E-state index contributed by atoms with van der Waals surface area (Å²) in [6, 6.07) is 45.6. The number of amides is 4. The largest absolute Gasteiger partial charge is 0.384 e. The molecule has 704 valence electrons. The zero-order chi connectivity index (χ0) is 96.9. The average molecular weight is 1860 g/mol. The van der Waals surface area contributed by atoms with Gasteiger partial charge in [-0.3, -0.25) is 48.3 Å². The maximum atomic E-state index is 12.6. The molecule has 4 aliphatic rings. The summed E-state index contributed by atoms with van der Waals surface area (Å²) in [7, 11) is 3.75. The number of ketones is 4. The second-order valence-corrected chi connectivity index (χ2v) is 35.1. The number of nitrogens with zero attached hydrogens (tertiary/aromatic N) is 22. The van der Waals surface area contributed by atoms with Crippen LogP contribution in [-0.4, -0.2) is 237 Å². The normalized spacial score (nSPS) is 15.1. The summed E-state index contributed by atoms with van der Waals surface area (Å²) in [5.41, 5.74) is 44.9. The number of carbonyl (C=O) groups excluding carboxylic acids is 7. The number of urea groups is 1. The topological polar surface area (TPSA) is 479 Å². The van der Waals surface area contributed by atoms with E-state index in [2.05, 4.69) is 62.6 Å². The third-order valence-corrected chi connectivity index (χ3v) is 26.1. The van der Waals surface area contributed by atoms with Crippen molar-refractivity contribution < 1.29 is 43.8 Å². The molecule has 0 saturated carbocycles. The highest BCUT2D eigenvalue weighted by Crippen LogP contribution is 2.42. The Kier molecular flexibility index (Phi) is 27.6. The highest BCUT2D eigenvalue weighted by atomic mass is 16.3. The molecular weight excluding hydrogens is 1750 g/mol. The molecule has 0 bridgehead atoms. The third kappa shape index (κ3) is 19.2. The first-order chi connectivity index (χ1) is 66.7. The smallest absolute Gasteiger partial charge is 0.317 e. The van der Waals surface area contributed by atoms with Crippen molar-refractivity contribution in [1.82, 2.24) is 113 Å². The Morgan fingerprint density at radius 1 is 0.362 bits per heavy atom. The van der Waals surface area contributed by atoms with E-state index in [0.29, 0.717) is 146 Å². The van der Waals surface area contributed by atoms with Crippen LogP contribution in [0.2, 0.25) is 0 Å². The van der Waals surface area contributed by atoms with E-state index in [1.165, 1.54) is 48.2 Å². The zero-order valence-corrected chi connectivity index (χ0v) is 77.8. The van der Waals surface area contributed by atoms with Gasteiger partial charge in [0, 0.05) is 168 Å². The van der Waals surface area contributed by atoms with E-state index < -0.39 is 12.2 Å². The molecule has 4 aliphatic heterocycles. The van der Waals surface area contributed by atoms with Crippen LogP contribution in [0.3, 0.4) is 0 Å². The van der Waals surface area contributed by atoms with Gasteiger partial charge >= 0.3 is 6.03 Å². The summed E-state index contributed by atoms with van der Waals surface area (Å²) in [5.74, 6) is 0.846. The summed E-state index contributed by atoms with van der Waals surface area (Å²) >= 11 is 0. The van der Waals surface area contributed by atoms with Gasteiger partial charge in [-0.2, -0.15) is 38.5 Å². The maximum absolute atomic E-state index is 12.6. The molecule has 0 radical (unpaired) electrons. The quantitative estimate of drug-likeness (QED) is 0.0392. The molecule has 2 atom stereocenters. The molecule has 36 nitrogen and oxygen atoms in total. The fraction of sp³-hybridized carbons (Fsp3) is 0.294. The summed E-state index contributed by atoms with van der Waals surface area (Å²) < 4.78 is 7.91. The molecule has 13 aromatic heterocycles. The van der Waals surface area contributed by atoms with Crippen LogP contribution in [0.5, 0.6) is 0 Å². The average Bonchev–Trinajstić information content (AvgIpc) is 1.55. The Hall–Kier alpha value is -16.1. The van der Waals surface area contributed by atoms with Crippen molar-refractivity contribution in [3.05, 3.63) is 253 Å². The van der Waals surface area contributed by atoms with E-state index in [0.717, 1.165) is 116 Å². The summed E-state index contributed by atoms with van der Waals surface area (Å²) in [5, 5.41) is 39.7. The van der Waals surface area contributed by atoms with Crippen molar-refractivity contribution in [2.45, 2.75) is 129 Å². The number of aliphatic hydroxyl groups excluding tert-OH is 2. The van der Waals surface area contributed by atoms with Gasteiger partial charge in [0.15, 0.2) is 45.7 Å². The Balaban J connectivity index is 0.000000127. The van der Waals surface area contributed by atoms with Gasteiger partial charge in [0.2, 0.25) is 0 Å². The molecule has 4 fully saturated rings. The fourth-order valence-corrected chi connectivity index (χ4v) is 18.7. The molecule has 36 heteroatoms. The first-order valence-corrected chi connectivity index (χ1v) is 46.0. The van der Waals surface area contributed by atoms with Gasteiger partial charge in [-0.1, -0.05) is 109 Å². The first kappa shape index (κ1) is 93.7. The van der Waals surface area contributed by atoms with Gasteiger partial charge in [-0.05, 0) is 143 Å². The number of hydrogen-bond donors (Lipinski definition) is 7. The number of Topliss-reactive ketones (excluding diaryl/α,β-unsaturated/α-hetero) is 4. The second kappa shape index (κ2) is 40.6. The molecule has 138 heavy (non-hydrogen) atoms. The zero-order valence-electron chi connectivity index (χ0n) is 77.8. The number of carbonyl (C=O) groups is 7. The van der Waals surface area contributed by atoms with E-state index in [1.54, 1.807) is 89.1 Å². The Bertz CT molecular complexity index is 7180. The lowest BCUT2D eigenvalue weighted by Crippen LogP contribution is -2.43. The van der Waals surface area contributed by atoms with Crippen molar-refractivity contribution in [2.75, 3.05) is 89.4 Å². The lowest BCUT2D eigenvalue weighted by atomic mass is 9.89. The number of likely N-dealkylation sites (tertiary alicyclic amines) is 4. The minimum atomic E-state index is -1.03. The number of piperidine rings is 4. The maximum Gasteiger partial charge on any atom is 0.317 e. The van der Waals surface area contributed by atoms with Crippen molar-refractivity contribution in [3.8, 4) is 84.1 Å². The van der Waals surface area contributed by atoms with E-state index in [1.807, 2.05) is 156 Å². The Morgan fingerprint density at radius 3 is 0.891 bits per heavy atom. The molecule has 17 heterocycles. The van der Waals surface area contributed by atoms with E-state index >= 15 is 0 Å². The molecule has 4 saturated heterocycles. The lowest BCUT2D eigenvalue weighted by molar-refractivity contribution is -0.140. The van der Waals surface area contributed by atoms with E-state index in [-0.39, 0.29) is 82.1 Å². The highest BCUT2D eigenvalue weighted by Gasteiger charge is 2.37. The molecule has 16 aromatic rings. The summed E-state index contributed by atoms with van der Waals surface area (Å²) in [6.07, 6.45) is 22.9. The molecule has 11 N–H and O–H groups in total. The number of rotatable bonds is 18. The molecule has 4 amide bonds. The van der Waals surface area contributed by atoms with Crippen LogP contribution in [0.1, 0.15) is 181 Å². The van der Waals surface area contributed by atoms with Gasteiger partial charge in [-0.15, -0.1) is 0 Å². The number of hydrogen-bond acceptors (Lipinski definition) is 27. The number of nitrogen functional groups attached to an aromatic ring is 4. The third-order valence-electron chi connectivity index (χ3n) is 26.1. The van der Waals surface area contributed by atoms with Crippen LogP contribution in [0, 0.1) is 0 Å². The number of nitrogens with one attached hydrogen (secondary N) is 1. The molecule has 3 aromatic carbocycles.